The van der Waals surface area contributed by atoms with Crippen molar-refractivity contribution in [1.82, 2.24) is 5.06 Å². The van der Waals surface area contributed by atoms with Crippen molar-refractivity contribution < 1.29 is 19.2 Å². The molecule has 78 valence electrons. The van der Waals surface area contributed by atoms with Crippen LogP contribution in [0.4, 0.5) is 0 Å². The van der Waals surface area contributed by atoms with Crippen LogP contribution < -0.4 is 0 Å². The average molecular weight is 217 g/mol. The first-order chi connectivity index (χ1) is 6.65. The number of rotatable bonds is 4. The van der Waals surface area contributed by atoms with E-state index < -0.39 is 17.8 Å². The lowest BCUT2D eigenvalue weighted by Gasteiger charge is -2.11. The first kappa shape index (κ1) is 11.0. The van der Waals surface area contributed by atoms with Crippen molar-refractivity contribution in [3.05, 3.63) is 0 Å². The van der Waals surface area contributed by atoms with Gasteiger partial charge in [0, 0.05) is 18.6 Å². The van der Waals surface area contributed by atoms with Crippen LogP contribution in [0.1, 0.15) is 19.3 Å². The van der Waals surface area contributed by atoms with Gasteiger partial charge >= 0.3 is 5.97 Å². The van der Waals surface area contributed by atoms with E-state index in [1.807, 2.05) is 6.26 Å². The molecule has 1 aliphatic rings. The summed E-state index contributed by atoms with van der Waals surface area (Å²) in [6, 6.07) is 0. The number of hydrogen-bond donors (Lipinski definition) is 0. The van der Waals surface area contributed by atoms with Crippen molar-refractivity contribution in [2.75, 3.05) is 12.0 Å². The zero-order chi connectivity index (χ0) is 10.6. The standard InChI is InChI=1S/C8H11NO4S/c1-14-5-4-8(12)13-9-6(10)2-3-7(9)11/h2-5H2,1H3. The summed E-state index contributed by atoms with van der Waals surface area (Å²) in [4.78, 5) is 37.7. The minimum absolute atomic E-state index is 0.134. The first-order valence-corrected chi connectivity index (χ1v) is 5.60. The lowest BCUT2D eigenvalue weighted by molar-refractivity contribution is -0.197. The smallest absolute Gasteiger partial charge is 0.330 e. The molecule has 6 heteroatoms. The van der Waals surface area contributed by atoms with Crippen LogP contribution in [0.3, 0.4) is 0 Å². The Morgan fingerprint density at radius 2 is 2.00 bits per heavy atom. The fourth-order valence-electron chi connectivity index (χ4n) is 0.991. The lowest BCUT2D eigenvalue weighted by Crippen LogP contribution is -2.32. The highest BCUT2D eigenvalue weighted by Crippen LogP contribution is 2.12. The highest BCUT2D eigenvalue weighted by molar-refractivity contribution is 7.98. The first-order valence-electron chi connectivity index (χ1n) is 4.20. The maximum absolute atomic E-state index is 11.1. The van der Waals surface area contributed by atoms with Gasteiger partial charge in [-0.15, -0.1) is 5.06 Å². The minimum Gasteiger partial charge on any atom is -0.330 e. The molecular weight excluding hydrogens is 206 g/mol. The van der Waals surface area contributed by atoms with Gasteiger partial charge in [-0.25, -0.2) is 4.79 Å². The zero-order valence-electron chi connectivity index (χ0n) is 7.82. The van der Waals surface area contributed by atoms with Crippen LogP contribution in [0, 0.1) is 0 Å². The molecule has 5 nitrogen and oxygen atoms in total. The van der Waals surface area contributed by atoms with Crippen molar-refractivity contribution in [1.29, 1.82) is 0 Å². The van der Waals surface area contributed by atoms with Gasteiger partial charge in [-0.3, -0.25) is 9.59 Å². The topological polar surface area (TPSA) is 63.7 Å². The number of amides is 2. The van der Waals surface area contributed by atoms with E-state index in [1.54, 1.807) is 0 Å². The van der Waals surface area contributed by atoms with Crippen LogP contribution in [-0.2, 0) is 19.2 Å². The molecule has 0 aromatic rings. The maximum Gasteiger partial charge on any atom is 0.334 e. The Bertz CT molecular complexity index is 250. The third-order valence-electron chi connectivity index (χ3n) is 1.71. The summed E-state index contributed by atoms with van der Waals surface area (Å²) >= 11 is 1.50. The molecule has 2 amide bonds. The monoisotopic (exact) mass is 217 g/mol. The number of imide groups is 1. The fraction of sp³-hybridized carbons (Fsp3) is 0.625. The Morgan fingerprint density at radius 1 is 1.43 bits per heavy atom. The average Bonchev–Trinajstić information content (AvgIpc) is 2.46. The molecule has 0 saturated carbocycles. The predicted molar refractivity (Wildman–Crippen MR) is 50.2 cm³/mol. The zero-order valence-corrected chi connectivity index (χ0v) is 8.63. The molecule has 1 saturated heterocycles. The van der Waals surface area contributed by atoms with Crippen LogP contribution in [0.15, 0.2) is 0 Å². The lowest BCUT2D eigenvalue weighted by atomic mass is 10.4. The van der Waals surface area contributed by atoms with Gasteiger partial charge in [-0.1, -0.05) is 0 Å². The molecule has 0 unspecified atom stereocenters. The minimum atomic E-state index is -0.539. The van der Waals surface area contributed by atoms with Crippen molar-refractivity contribution in [2.45, 2.75) is 19.3 Å². The summed E-state index contributed by atoms with van der Waals surface area (Å²) in [7, 11) is 0. The van der Waals surface area contributed by atoms with Gasteiger partial charge in [0.1, 0.15) is 0 Å². The van der Waals surface area contributed by atoms with Gasteiger partial charge in [-0.2, -0.15) is 11.8 Å². The van der Waals surface area contributed by atoms with Crippen molar-refractivity contribution >= 4 is 29.5 Å². The van der Waals surface area contributed by atoms with Crippen molar-refractivity contribution in [3.63, 3.8) is 0 Å². The normalized spacial score (nSPS) is 16.2. The molecule has 1 rings (SSSR count). The summed E-state index contributed by atoms with van der Waals surface area (Å²) in [6.45, 7) is 0. The molecule has 0 spiro atoms. The molecule has 14 heavy (non-hydrogen) atoms. The number of thioether (sulfide) groups is 1. The Labute approximate surface area is 85.7 Å². The van der Waals surface area contributed by atoms with E-state index in [-0.39, 0.29) is 19.3 Å². The van der Waals surface area contributed by atoms with Crippen molar-refractivity contribution in [3.8, 4) is 0 Å². The molecule has 1 fully saturated rings. The summed E-state index contributed by atoms with van der Waals surface area (Å²) in [6.07, 6.45) is 2.33. The molecule has 0 radical (unpaired) electrons. The van der Waals surface area contributed by atoms with Gasteiger partial charge < -0.3 is 4.84 Å². The van der Waals surface area contributed by atoms with E-state index >= 15 is 0 Å². The Kier molecular flexibility index (Phi) is 3.94. The van der Waals surface area contributed by atoms with Gasteiger partial charge in [-0.05, 0) is 6.26 Å². The second-order valence-electron chi connectivity index (χ2n) is 2.79. The van der Waals surface area contributed by atoms with E-state index in [2.05, 4.69) is 4.84 Å². The molecule has 1 heterocycles. The van der Waals surface area contributed by atoms with Crippen LogP contribution in [0.5, 0.6) is 0 Å². The summed E-state index contributed by atoms with van der Waals surface area (Å²) in [5, 5.41) is 0.572. The van der Waals surface area contributed by atoms with E-state index in [0.717, 1.165) is 0 Å². The number of carbonyl (C=O) groups excluding carboxylic acids is 3. The molecular formula is C8H11NO4S. The van der Waals surface area contributed by atoms with E-state index in [1.165, 1.54) is 11.8 Å². The summed E-state index contributed by atoms with van der Waals surface area (Å²) in [5.41, 5.74) is 0. The summed E-state index contributed by atoms with van der Waals surface area (Å²) < 4.78 is 0. The number of hydroxylamine groups is 2. The highest BCUT2D eigenvalue weighted by atomic mass is 32.2. The van der Waals surface area contributed by atoms with Crippen LogP contribution in [0.2, 0.25) is 0 Å². The molecule has 1 aliphatic heterocycles. The quantitative estimate of drug-likeness (QED) is 0.636. The third kappa shape index (κ3) is 2.73. The SMILES string of the molecule is CSCCC(=O)ON1C(=O)CCC1=O. The molecule has 0 N–H and O–H groups in total. The molecule has 0 aromatic heterocycles. The maximum atomic E-state index is 11.1. The van der Waals surface area contributed by atoms with E-state index in [4.69, 9.17) is 0 Å². The Balaban J connectivity index is 2.39. The van der Waals surface area contributed by atoms with Crippen LogP contribution in [-0.4, -0.2) is 34.9 Å². The van der Waals surface area contributed by atoms with E-state index in [9.17, 15) is 14.4 Å². The van der Waals surface area contributed by atoms with E-state index in [0.29, 0.717) is 10.8 Å². The fourth-order valence-corrected chi connectivity index (χ4v) is 1.36. The molecule has 0 aromatic carbocycles. The number of nitrogens with zero attached hydrogens (tertiary/aromatic N) is 1. The van der Waals surface area contributed by atoms with Gasteiger partial charge in [0.2, 0.25) is 0 Å². The second kappa shape index (κ2) is 4.99. The largest absolute Gasteiger partial charge is 0.334 e. The molecule has 0 bridgehead atoms. The number of carbonyl (C=O) groups is 3. The molecule has 0 aliphatic carbocycles. The third-order valence-corrected chi connectivity index (χ3v) is 2.32. The second-order valence-corrected chi connectivity index (χ2v) is 3.77. The molecule has 0 atom stereocenters. The Morgan fingerprint density at radius 3 is 2.50 bits per heavy atom. The van der Waals surface area contributed by atoms with Crippen LogP contribution >= 0.6 is 11.8 Å². The van der Waals surface area contributed by atoms with Crippen LogP contribution in [0.25, 0.3) is 0 Å². The van der Waals surface area contributed by atoms with Gasteiger partial charge in [0.05, 0.1) is 6.42 Å². The Hall–Kier alpha value is -1.04. The van der Waals surface area contributed by atoms with Gasteiger partial charge in [0.25, 0.3) is 11.8 Å². The van der Waals surface area contributed by atoms with Gasteiger partial charge in [0.15, 0.2) is 0 Å². The predicted octanol–water partition coefficient (Wildman–Crippen LogP) is 0.347. The van der Waals surface area contributed by atoms with Crippen molar-refractivity contribution in [2.24, 2.45) is 0 Å². The number of hydrogen-bond acceptors (Lipinski definition) is 5. The highest BCUT2D eigenvalue weighted by Gasteiger charge is 2.32. The summed E-state index contributed by atoms with van der Waals surface area (Å²) in [5.74, 6) is -0.794.